The van der Waals surface area contributed by atoms with Crippen LogP contribution in [0.4, 0.5) is 11.4 Å². The van der Waals surface area contributed by atoms with Crippen molar-refractivity contribution in [3.8, 4) is 0 Å². The summed E-state index contributed by atoms with van der Waals surface area (Å²) in [4.78, 5) is 38.6. The number of halogens is 1. The standard InChI is InChI=1S/C27H29ClN4O6S/c1-3-16-29-27(34)20(2)30(18-21-12-14-22(28)15-13-21)26(33)19-31(23-8-7-9-24(17-23)32(35)36)39(37,38)25-10-5-4-6-11-25/h4-15,17,20H,3,16,18-19H2,1-2H3,(H,29,34). The normalized spacial score (nSPS) is 11.9. The average Bonchev–Trinajstić information content (AvgIpc) is 2.94. The monoisotopic (exact) mass is 572 g/mol. The van der Waals surface area contributed by atoms with E-state index in [1.54, 1.807) is 37.3 Å². The van der Waals surface area contributed by atoms with E-state index in [1.807, 2.05) is 6.92 Å². The Morgan fingerprint density at radius 3 is 2.31 bits per heavy atom. The lowest BCUT2D eigenvalue weighted by atomic mass is 10.1. The maximum atomic E-state index is 13.8. The number of rotatable bonds is 12. The Bertz CT molecular complexity index is 1420. The van der Waals surface area contributed by atoms with Gasteiger partial charge in [-0.15, -0.1) is 0 Å². The fourth-order valence-corrected chi connectivity index (χ4v) is 5.33. The van der Waals surface area contributed by atoms with Gasteiger partial charge in [-0.25, -0.2) is 8.42 Å². The Balaban J connectivity index is 2.04. The van der Waals surface area contributed by atoms with Crippen molar-refractivity contribution in [2.45, 2.75) is 37.8 Å². The van der Waals surface area contributed by atoms with E-state index in [4.69, 9.17) is 11.6 Å². The maximum Gasteiger partial charge on any atom is 0.271 e. The highest BCUT2D eigenvalue weighted by Crippen LogP contribution is 2.27. The summed E-state index contributed by atoms with van der Waals surface area (Å²) in [6.07, 6.45) is 0.694. The van der Waals surface area contributed by atoms with Crippen molar-refractivity contribution in [1.82, 2.24) is 10.2 Å². The summed E-state index contributed by atoms with van der Waals surface area (Å²) in [5.41, 5.74) is 0.283. The van der Waals surface area contributed by atoms with Crippen LogP contribution < -0.4 is 9.62 Å². The number of non-ortho nitro benzene ring substituents is 1. The van der Waals surface area contributed by atoms with Crippen molar-refractivity contribution in [3.05, 3.63) is 99.6 Å². The van der Waals surface area contributed by atoms with Crippen LogP contribution in [0.25, 0.3) is 0 Å². The van der Waals surface area contributed by atoms with Crippen molar-refractivity contribution >= 4 is 44.8 Å². The van der Waals surface area contributed by atoms with Gasteiger partial charge in [0.15, 0.2) is 0 Å². The van der Waals surface area contributed by atoms with Crippen molar-refractivity contribution in [1.29, 1.82) is 0 Å². The number of carbonyl (C=O) groups excluding carboxylic acids is 2. The van der Waals surface area contributed by atoms with Crippen LogP contribution in [-0.4, -0.2) is 49.2 Å². The van der Waals surface area contributed by atoms with Gasteiger partial charge >= 0.3 is 0 Å². The van der Waals surface area contributed by atoms with Crippen molar-refractivity contribution in [2.24, 2.45) is 0 Å². The topological polar surface area (TPSA) is 130 Å². The first-order chi connectivity index (χ1) is 18.5. The average molecular weight is 573 g/mol. The molecule has 2 amide bonds. The molecular weight excluding hydrogens is 544 g/mol. The van der Waals surface area contributed by atoms with E-state index in [1.165, 1.54) is 47.4 Å². The zero-order valence-electron chi connectivity index (χ0n) is 21.5. The number of nitro benzene ring substituents is 1. The first kappa shape index (κ1) is 29.6. The van der Waals surface area contributed by atoms with Gasteiger partial charge in [-0.1, -0.05) is 54.9 Å². The number of amides is 2. The Morgan fingerprint density at radius 1 is 1.03 bits per heavy atom. The van der Waals surface area contributed by atoms with Crippen LogP contribution in [0.3, 0.4) is 0 Å². The van der Waals surface area contributed by atoms with Crippen LogP contribution in [0.2, 0.25) is 5.02 Å². The van der Waals surface area contributed by atoms with Gasteiger partial charge in [0.05, 0.1) is 15.5 Å². The van der Waals surface area contributed by atoms with Gasteiger partial charge in [0.2, 0.25) is 11.8 Å². The lowest BCUT2D eigenvalue weighted by Gasteiger charge is -2.32. The predicted octanol–water partition coefficient (Wildman–Crippen LogP) is 4.39. The van der Waals surface area contributed by atoms with Crippen molar-refractivity contribution in [2.75, 3.05) is 17.4 Å². The summed E-state index contributed by atoms with van der Waals surface area (Å²) >= 11 is 6.00. The van der Waals surface area contributed by atoms with Crippen molar-refractivity contribution in [3.63, 3.8) is 0 Å². The number of carbonyl (C=O) groups is 2. The molecule has 0 spiro atoms. The van der Waals surface area contributed by atoms with E-state index in [0.29, 0.717) is 23.6 Å². The van der Waals surface area contributed by atoms with E-state index >= 15 is 0 Å². The van der Waals surface area contributed by atoms with Crippen LogP contribution in [0.15, 0.2) is 83.8 Å². The molecule has 0 aliphatic carbocycles. The van der Waals surface area contributed by atoms with Gasteiger partial charge in [-0.2, -0.15) is 0 Å². The molecule has 0 aromatic heterocycles. The summed E-state index contributed by atoms with van der Waals surface area (Å²) in [5, 5.41) is 14.7. The van der Waals surface area contributed by atoms with Gasteiger partial charge in [-0.05, 0) is 49.2 Å². The molecular formula is C27H29ClN4O6S. The highest BCUT2D eigenvalue weighted by molar-refractivity contribution is 7.92. The number of nitro groups is 1. The number of nitrogens with zero attached hydrogens (tertiary/aromatic N) is 3. The summed E-state index contributed by atoms with van der Waals surface area (Å²) in [7, 11) is -4.32. The van der Waals surface area contributed by atoms with E-state index in [-0.39, 0.29) is 22.8 Å². The second-order valence-corrected chi connectivity index (χ2v) is 11.0. The molecule has 12 heteroatoms. The number of nitrogens with one attached hydrogen (secondary N) is 1. The number of benzene rings is 3. The molecule has 3 aromatic rings. The number of hydrogen-bond donors (Lipinski definition) is 1. The molecule has 39 heavy (non-hydrogen) atoms. The second-order valence-electron chi connectivity index (χ2n) is 8.72. The minimum atomic E-state index is -4.32. The molecule has 0 saturated heterocycles. The number of sulfonamides is 1. The highest BCUT2D eigenvalue weighted by atomic mass is 35.5. The first-order valence-electron chi connectivity index (χ1n) is 12.2. The second kappa shape index (κ2) is 13.2. The Morgan fingerprint density at radius 2 is 1.69 bits per heavy atom. The molecule has 0 heterocycles. The van der Waals surface area contributed by atoms with Gasteiger partial charge in [-0.3, -0.25) is 24.0 Å². The first-order valence-corrected chi connectivity index (χ1v) is 14.0. The molecule has 3 rings (SSSR count). The molecule has 206 valence electrons. The third-order valence-corrected chi connectivity index (χ3v) is 7.96. The summed E-state index contributed by atoms with van der Waals surface area (Å²) < 4.78 is 28.2. The van der Waals surface area contributed by atoms with E-state index in [2.05, 4.69) is 5.32 Å². The minimum absolute atomic E-state index is 0.00484. The Kier molecular flexibility index (Phi) is 10.0. The third kappa shape index (κ3) is 7.55. The van der Waals surface area contributed by atoms with E-state index < -0.39 is 39.3 Å². The third-order valence-electron chi connectivity index (χ3n) is 5.92. The Labute approximate surface area is 232 Å². The summed E-state index contributed by atoms with van der Waals surface area (Å²) in [5.74, 6) is -1.07. The van der Waals surface area contributed by atoms with Crippen LogP contribution in [0.1, 0.15) is 25.8 Å². The van der Waals surface area contributed by atoms with Crippen LogP contribution in [-0.2, 0) is 26.2 Å². The molecule has 1 atom stereocenters. The Hall–Kier alpha value is -3.96. The van der Waals surface area contributed by atoms with Gasteiger partial charge in [0.1, 0.15) is 12.6 Å². The molecule has 3 aromatic carbocycles. The fraction of sp³-hybridized carbons (Fsp3) is 0.259. The highest BCUT2D eigenvalue weighted by Gasteiger charge is 2.33. The summed E-state index contributed by atoms with van der Waals surface area (Å²) in [6.45, 7) is 3.17. The SMILES string of the molecule is CCCNC(=O)C(C)N(Cc1ccc(Cl)cc1)C(=O)CN(c1cccc([N+](=O)[O-])c1)S(=O)(=O)c1ccccc1. The number of anilines is 1. The van der Waals surface area contributed by atoms with Gasteiger partial charge < -0.3 is 10.2 Å². The van der Waals surface area contributed by atoms with Gasteiger partial charge in [0.25, 0.3) is 15.7 Å². The molecule has 0 saturated carbocycles. The van der Waals surface area contributed by atoms with Crippen LogP contribution in [0.5, 0.6) is 0 Å². The lowest BCUT2D eigenvalue weighted by Crippen LogP contribution is -2.51. The zero-order chi connectivity index (χ0) is 28.6. The molecule has 0 bridgehead atoms. The molecule has 1 unspecified atom stereocenters. The molecule has 0 aliphatic rings. The minimum Gasteiger partial charge on any atom is -0.354 e. The van der Waals surface area contributed by atoms with E-state index in [0.717, 1.165) is 10.4 Å². The molecule has 0 fully saturated rings. The number of hydrogen-bond acceptors (Lipinski definition) is 6. The van der Waals surface area contributed by atoms with Crippen molar-refractivity contribution < 1.29 is 22.9 Å². The summed E-state index contributed by atoms with van der Waals surface area (Å²) in [6, 6.07) is 18.3. The lowest BCUT2D eigenvalue weighted by molar-refractivity contribution is -0.384. The quantitative estimate of drug-likeness (QED) is 0.253. The van der Waals surface area contributed by atoms with Crippen LogP contribution in [0, 0.1) is 10.1 Å². The maximum absolute atomic E-state index is 13.8. The smallest absolute Gasteiger partial charge is 0.271 e. The predicted molar refractivity (Wildman–Crippen MR) is 149 cm³/mol. The zero-order valence-corrected chi connectivity index (χ0v) is 23.1. The largest absolute Gasteiger partial charge is 0.354 e. The van der Waals surface area contributed by atoms with Gasteiger partial charge in [0, 0.05) is 30.2 Å². The van der Waals surface area contributed by atoms with Crippen LogP contribution >= 0.6 is 11.6 Å². The molecule has 0 aliphatic heterocycles. The van der Waals surface area contributed by atoms with E-state index in [9.17, 15) is 28.1 Å². The molecule has 0 radical (unpaired) electrons. The molecule has 1 N–H and O–H groups in total. The molecule has 10 nitrogen and oxygen atoms in total. The fourth-order valence-electron chi connectivity index (χ4n) is 3.78.